The van der Waals surface area contributed by atoms with Gasteiger partial charge in [-0.15, -0.1) is 0 Å². The molecule has 2 aromatic rings. The Bertz CT molecular complexity index is 547. The smallest absolute Gasteiger partial charge is 0.0902 e. The number of aryl methyl sites for hydroxylation is 2. The maximum Gasteiger partial charge on any atom is 0.0902 e. The third-order valence-electron chi connectivity index (χ3n) is 4.23. The Labute approximate surface area is 114 Å². The van der Waals surface area contributed by atoms with Gasteiger partial charge in [0.1, 0.15) is 0 Å². The van der Waals surface area contributed by atoms with Gasteiger partial charge in [-0.2, -0.15) is 0 Å². The van der Waals surface area contributed by atoms with Gasteiger partial charge in [-0.3, -0.25) is 0 Å². The van der Waals surface area contributed by atoms with Crippen molar-refractivity contribution < 1.29 is 5.11 Å². The molecule has 1 N–H and O–H groups in total. The first-order valence-electron chi connectivity index (χ1n) is 7.13. The predicted molar refractivity (Wildman–Crippen MR) is 78.0 cm³/mol. The minimum absolute atomic E-state index is 0.634. The molecule has 19 heavy (non-hydrogen) atoms. The third-order valence-corrected chi connectivity index (χ3v) is 4.23. The molecule has 98 valence electrons. The zero-order chi connectivity index (χ0) is 13.1. The van der Waals surface area contributed by atoms with Crippen LogP contribution in [-0.2, 0) is 18.4 Å². The summed E-state index contributed by atoms with van der Waals surface area (Å²) in [5.41, 5.74) is 3.14. The largest absolute Gasteiger partial charge is 0.385 e. The summed E-state index contributed by atoms with van der Waals surface area (Å²) >= 11 is 0. The lowest BCUT2D eigenvalue weighted by atomic mass is 9.76. The second kappa shape index (κ2) is 5.18. The second-order valence-corrected chi connectivity index (χ2v) is 5.53. The SMILES string of the molecule is OC1(CCc2ccccc2)CCCc2ccccc21. The van der Waals surface area contributed by atoms with Crippen LogP contribution in [0.3, 0.4) is 0 Å². The van der Waals surface area contributed by atoms with Gasteiger partial charge in [0.2, 0.25) is 0 Å². The highest BCUT2D eigenvalue weighted by atomic mass is 16.3. The Balaban J connectivity index is 1.81. The van der Waals surface area contributed by atoms with Crippen molar-refractivity contribution in [2.75, 3.05) is 0 Å². The number of fused-ring (bicyclic) bond motifs is 1. The molecule has 0 bridgehead atoms. The van der Waals surface area contributed by atoms with Crippen molar-refractivity contribution in [1.82, 2.24) is 0 Å². The fourth-order valence-corrected chi connectivity index (χ4v) is 3.15. The fraction of sp³-hybridized carbons (Fsp3) is 0.333. The van der Waals surface area contributed by atoms with E-state index in [1.807, 2.05) is 12.1 Å². The summed E-state index contributed by atoms with van der Waals surface area (Å²) in [6.07, 6.45) is 4.82. The molecule has 0 saturated heterocycles. The first-order chi connectivity index (χ1) is 9.28. The molecule has 0 aliphatic heterocycles. The van der Waals surface area contributed by atoms with Gasteiger partial charge in [0.15, 0.2) is 0 Å². The molecular weight excluding hydrogens is 232 g/mol. The molecule has 3 rings (SSSR count). The van der Waals surface area contributed by atoms with Crippen molar-refractivity contribution >= 4 is 0 Å². The van der Waals surface area contributed by atoms with E-state index < -0.39 is 5.60 Å². The fourth-order valence-electron chi connectivity index (χ4n) is 3.15. The molecule has 1 heteroatoms. The lowest BCUT2D eigenvalue weighted by molar-refractivity contribution is 0.0103. The van der Waals surface area contributed by atoms with E-state index in [1.54, 1.807) is 0 Å². The third kappa shape index (κ3) is 2.57. The normalized spacial score (nSPS) is 21.9. The van der Waals surface area contributed by atoms with Gasteiger partial charge in [0.25, 0.3) is 0 Å². The minimum Gasteiger partial charge on any atom is -0.385 e. The van der Waals surface area contributed by atoms with E-state index in [2.05, 4.69) is 42.5 Å². The van der Waals surface area contributed by atoms with Crippen LogP contribution in [0, 0.1) is 0 Å². The molecule has 0 aromatic heterocycles. The molecule has 1 unspecified atom stereocenters. The van der Waals surface area contributed by atoms with E-state index in [-0.39, 0.29) is 0 Å². The molecule has 0 saturated carbocycles. The van der Waals surface area contributed by atoms with E-state index in [9.17, 15) is 5.11 Å². The molecule has 1 atom stereocenters. The van der Waals surface area contributed by atoms with Crippen LogP contribution in [0.5, 0.6) is 0 Å². The van der Waals surface area contributed by atoms with Crippen molar-refractivity contribution in [3.8, 4) is 0 Å². The highest BCUT2D eigenvalue weighted by Gasteiger charge is 2.33. The van der Waals surface area contributed by atoms with Crippen molar-refractivity contribution in [1.29, 1.82) is 0 Å². The highest BCUT2D eigenvalue weighted by Crippen LogP contribution is 2.38. The van der Waals surface area contributed by atoms with Crippen molar-refractivity contribution in [3.63, 3.8) is 0 Å². The average molecular weight is 252 g/mol. The van der Waals surface area contributed by atoms with Crippen LogP contribution >= 0.6 is 0 Å². The van der Waals surface area contributed by atoms with E-state index in [4.69, 9.17) is 0 Å². The standard InChI is InChI=1S/C18H20O/c19-18(14-12-15-7-2-1-3-8-15)13-6-10-16-9-4-5-11-17(16)18/h1-5,7-9,11,19H,6,10,12-14H2. The monoisotopic (exact) mass is 252 g/mol. The molecule has 0 radical (unpaired) electrons. The maximum atomic E-state index is 11.0. The van der Waals surface area contributed by atoms with Crippen molar-refractivity contribution in [2.24, 2.45) is 0 Å². The lowest BCUT2D eigenvalue weighted by Crippen LogP contribution is -2.31. The highest BCUT2D eigenvalue weighted by molar-refractivity contribution is 5.35. The van der Waals surface area contributed by atoms with Gasteiger partial charge in [0, 0.05) is 0 Å². The second-order valence-electron chi connectivity index (χ2n) is 5.53. The summed E-state index contributed by atoms with van der Waals surface area (Å²) in [5, 5.41) is 11.0. The maximum absolute atomic E-state index is 11.0. The van der Waals surface area contributed by atoms with Crippen LogP contribution in [0.4, 0.5) is 0 Å². The van der Waals surface area contributed by atoms with E-state index in [1.165, 1.54) is 11.1 Å². The Kier molecular flexibility index (Phi) is 3.39. The van der Waals surface area contributed by atoms with Crippen molar-refractivity contribution in [2.45, 2.75) is 37.7 Å². The van der Waals surface area contributed by atoms with E-state index in [0.717, 1.165) is 37.7 Å². The average Bonchev–Trinajstić information content (AvgIpc) is 2.47. The van der Waals surface area contributed by atoms with Gasteiger partial charge in [-0.1, -0.05) is 54.6 Å². The molecule has 0 fully saturated rings. The van der Waals surface area contributed by atoms with Crippen LogP contribution in [0.25, 0.3) is 0 Å². The number of benzene rings is 2. The molecule has 0 spiro atoms. The molecule has 2 aromatic carbocycles. The molecule has 1 nitrogen and oxygen atoms in total. The van der Waals surface area contributed by atoms with Crippen LogP contribution in [0.2, 0.25) is 0 Å². The topological polar surface area (TPSA) is 20.2 Å². The Morgan fingerprint density at radius 1 is 0.947 bits per heavy atom. The lowest BCUT2D eigenvalue weighted by Gasteiger charge is -2.34. The number of hydrogen-bond donors (Lipinski definition) is 1. The Hall–Kier alpha value is -1.60. The van der Waals surface area contributed by atoms with Crippen LogP contribution in [-0.4, -0.2) is 5.11 Å². The summed E-state index contributed by atoms with van der Waals surface area (Å²) < 4.78 is 0. The predicted octanol–water partition coefficient (Wildman–Crippen LogP) is 3.84. The van der Waals surface area contributed by atoms with Gasteiger partial charge in [-0.25, -0.2) is 0 Å². The first-order valence-corrected chi connectivity index (χ1v) is 7.13. The number of aliphatic hydroxyl groups is 1. The van der Waals surface area contributed by atoms with Crippen LogP contribution in [0.1, 0.15) is 36.0 Å². The summed E-state index contributed by atoms with van der Waals surface area (Å²) in [4.78, 5) is 0. The minimum atomic E-state index is -0.634. The van der Waals surface area contributed by atoms with E-state index in [0.29, 0.717) is 0 Å². The summed E-state index contributed by atoms with van der Waals surface area (Å²) in [6.45, 7) is 0. The molecule has 1 aliphatic carbocycles. The van der Waals surface area contributed by atoms with Crippen LogP contribution in [0.15, 0.2) is 54.6 Å². The van der Waals surface area contributed by atoms with Gasteiger partial charge < -0.3 is 5.11 Å². The number of hydrogen-bond acceptors (Lipinski definition) is 1. The Morgan fingerprint density at radius 3 is 2.53 bits per heavy atom. The molecule has 0 heterocycles. The van der Waals surface area contributed by atoms with Gasteiger partial charge >= 0.3 is 0 Å². The first kappa shape index (κ1) is 12.4. The zero-order valence-electron chi connectivity index (χ0n) is 11.2. The van der Waals surface area contributed by atoms with E-state index >= 15 is 0 Å². The Morgan fingerprint density at radius 2 is 1.68 bits per heavy atom. The summed E-state index contributed by atoms with van der Waals surface area (Å²) in [6, 6.07) is 18.8. The molecular formula is C18H20O. The summed E-state index contributed by atoms with van der Waals surface area (Å²) in [7, 11) is 0. The van der Waals surface area contributed by atoms with Crippen LogP contribution < -0.4 is 0 Å². The zero-order valence-corrected chi connectivity index (χ0v) is 11.2. The summed E-state index contributed by atoms with van der Waals surface area (Å²) in [5.74, 6) is 0. The molecule has 1 aliphatic rings. The van der Waals surface area contributed by atoms with Gasteiger partial charge in [0.05, 0.1) is 5.60 Å². The van der Waals surface area contributed by atoms with Gasteiger partial charge in [-0.05, 0) is 48.8 Å². The molecule has 0 amide bonds. The van der Waals surface area contributed by atoms with Crippen molar-refractivity contribution in [3.05, 3.63) is 71.3 Å². The quantitative estimate of drug-likeness (QED) is 0.880. The number of rotatable bonds is 3.